The first kappa shape index (κ1) is 43.9. The maximum Gasteiger partial charge on any atom is 0.245 e. The van der Waals surface area contributed by atoms with Crippen LogP contribution in [0.4, 0.5) is 22.7 Å². The van der Waals surface area contributed by atoms with E-state index in [4.69, 9.17) is 0 Å². The van der Waals surface area contributed by atoms with Gasteiger partial charge in [0.05, 0.1) is 24.5 Å². The van der Waals surface area contributed by atoms with E-state index in [1.807, 2.05) is 36.4 Å². The van der Waals surface area contributed by atoms with E-state index >= 15 is 0 Å². The minimum absolute atomic E-state index is 0.144. The molecule has 2 fully saturated rings. The Morgan fingerprint density at radius 2 is 0.933 bits per heavy atom. The summed E-state index contributed by atoms with van der Waals surface area (Å²) in [6, 6.07) is 33.3. The van der Waals surface area contributed by atoms with Gasteiger partial charge in [0, 0.05) is 81.5 Å². The molecule has 4 heterocycles. The molecule has 0 unspecified atom stereocenters. The zero-order chi connectivity index (χ0) is 42.5. The maximum absolute atomic E-state index is 11.9. The zero-order valence-corrected chi connectivity index (χ0v) is 37.6. The number of likely N-dealkylation sites (tertiary alicyclic amines) is 2. The fourth-order valence-electron chi connectivity index (χ4n) is 9.34. The van der Waals surface area contributed by atoms with Crippen molar-refractivity contribution in [1.82, 2.24) is 9.80 Å². The molecule has 12 nitrogen and oxygen atoms in total. The summed E-state index contributed by atoms with van der Waals surface area (Å²) in [6.45, 7) is 8.71. The monoisotopic (exact) mass is 876 g/mol. The van der Waals surface area contributed by atoms with Gasteiger partial charge >= 0.3 is 0 Å². The van der Waals surface area contributed by atoms with E-state index in [0.717, 1.165) is 103 Å². The van der Waals surface area contributed by atoms with Gasteiger partial charge in [0.2, 0.25) is 30.1 Å². The number of piperidine rings is 2. The molecule has 0 aromatic heterocycles. The lowest BCUT2D eigenvalue weighted by molar-refractivity contribution is 0.212. The van der Waals surface area contributed by atoms with E-state index in [1.165, 1.54) is 53.6 Å². The highest BCUT2D eigenvalue weighted by Gasteiger charge is 2.31. The number of hydrogen-bond donors (Lipinski definition) is 1. The lowest BCUT2D eigenvalue weighted by Gasteiger charge is -2.38. The molecule has 0 bridgehead atoms. The van der Waals surface area contributed by atoms with E-state index in [0.29, 0.717) is 21.5 Å². The summed E-state index contributed by atoms with van der Waals surface area (Å²) < 4.78 is 73.2. The Hall–Kier alpha value is -4.15. The molecular weight excluding hydrogens is 817 g/mol. The molecule has 2 saturated heterocycles. The Morgan fingerprint density at radius 1 is 0.533 bits per heavy atom. The van der Waals surface area contributed by atoms with Crippen LogP contribution in [0.5, 0.6) is 0 Å². The largest absolute Gasteiger partial charge is 0.368 e. The Balaban J connectivity index is 0.000000183. The van der Waals surface area contributed by atoms with Crippen molar-refractivity contribution in [1.29, 1.82) is 0 Å². The number of fused-ring (bicyclic) bond motifs is 2. The predicted octanol–water partition coefficient (Wildman–Crippen LogP) is 5.61. The van der Waals surface area contributed by atoms with Crippen LogP contribution >= 0.6 is 0 Å². The maximum atomic E-state index is 11.9. The molecule has 0 saturated carbocycles. The molecule has 0 radical (unpaired) electrons. The van der Waals surface area contributed by atoms with Crippen LogP contribution < -0.4 is 18.2 Å². The molecule has 4 aromatic rings. The van der Waals surface area contributed by atoms with Gasteiger partial charge in [-0.25, -0.2) is 25.3 Å². The summed E-state index contributed by atoms with van der Waals surface area (Å²) in [5.74, 6) is 0. The number of sulfonamides is 3. The van der Waals surface area contributed by atoms with Crippen LogP contribution in [0.1, 0.15) is 47.9 Å². The second-order valence-corrected chi connectivity index (χ2v) is 22.4. The zero-order valence-electron chi connectivity index (χ0n) is 35.1. The molecule has 0 spiro atoms. The Labute approximate surface area is 358 Å². The van der Waals surface area contributed by atoms with Gasteiger partial charge in [0.15, 0.2) is 0 Å². The normalized spacial score (nSPS) is 18.1. The summed E-state index contributed by atoms with van der Waals surface area (Å²) in [6.07, 6.45) is 11.9. The third-order valence-corrected chi connectivity index (χ3v) is 16.1. The van der Waals surface area contributed by atoms with Gasteiger partial charge < -0.3 is 19.6 Å². The Bertz CT molecular complexity index is 2370. The second-order valence-electron chi connectivity index (χ2n) is 16.8. The summed E-state index contributed by atoms with van der Waals surface area (Å²) in [4.78, 5) is 10.2. The molecule has 324 valence electrons. The number of anilines is 4. The molecule has 4 aliphatic rings. The van der Waals surface area contributed by atoms with Crippen LogP contribution in [0.3, 0.4) is 0 Å². The topological polar surface area (TPSA) is 131 Å². The van der Waals surface area contributed by atoms with Gasteiger partial charge in [-0.3, -0.25) is 4.72 Å². The smallest absolute Gasteiger partial charge is 0.245 e. The Kier molecular flexibility index (Phi) is 13.8. The molecule has 15 heteroatoms. The number of nitrogens with zero attached hydrogens (tertiary/aromatic N) is 5. The number of para-hydroxylation sites is 2. The van der Waals surface area contributed by atoms with Crippen molar-refractivity contribution in [3.05, 3.63) is 119 Å². The van der Waals surface area contributed by atoms with Gasteiger partial charge in [0.1, 0.15) is 0 Å². The first-order valence-corrected chi connectivity index (χ1v) is 26.7. The average molecular weight is 877 g/mol. The van der Waals surface area contributed by atoms with Crippen molar-refractivity contribution < 1.29 is 25.3 Å². The van der Waals surface area contributed by atoms with Gasteiger partial charge in [-0.15, -0.1) is 0 Å². The van der Waals surface area contributed by atoms with Crippen molar-refractivity contribution in [2.75, 3.05) is 89.4 Å². The van der Waals surface area contributed by atoms with Crippen LogP contribution in [0, 0.1) is 0 Å². The molecule has 4 aromatic carbocycles. The molecule has 4 aliphatic heterocycles. The number of hydrogen-bond acceptors (Lipinski definition) is 10. The number of rotatable bonds is 13. The van der Waals surface area contributed by atoms with Crippen molar-refractivity contribution in [2.24, 2.45) is 0 Å². The fourth-order valence-corrected chi connectivity index (χ4v) is 12.9. The fraction of sp³-hybridized carbons (Fsp3) is 0.467. The minimum Gasteiger partial charge on any atom is -0.368 e. The van der Waals surface area contributed by atoms with E-state index in [1.54, 1.807) is 12.1 Å². The van der Waals surface area contributed by atoms with Gasteiger partial charge in [0.25, 0.3) is 0 Å². The highest BCUT2D eigenvalue weighted by atomic mass is 32.3. The first-order valence-electron chi connectivity index (χ1n) is 21.1. The van der Waals surface area contributed by atoms with E-state index in [2.05, 4.69) is 72.9 Å². The van der Waals surface area contributed by atoms with Crippen molar-refractivity contribution in [3.63, 3.8) is 0 Å². The highest BCUT2D eigenvalue weighted by Crippen LogP contribution is 2.34. The standard InChI is InChI=1S/C23H31N3O4S2.C22H29N3O2S/c1-31(27,28)26(32(2,29)30)22-9-7-19(8-10-22)11-15-24-16-13-21(14-17-24)25-18-12-20-5-3-4-6-23(20)25;1-28(26,27)23-20-8-6-18(7-9-20)10-14-24-15-12-21(13-16-24)25-17-11-19-4-2-3-5-22(19)25/h3-10,21H,11-18H2,1-2H3;2-9,21,23H,10-17H2,1H3. The van der Waals surface area contributed by atoms with Crippen LogP contribution in [0.15, 0.2) is 97.1 Å². The highest BCUT2D eigenvalue weighted by molar-refractivity contribution is 8.09. The molecule has 0 amide bonds. The van der Waals surface area contributed by atoms with Gasteiger partial charge in [-0.2, -0.15) is 3.71 Å². The third kappa shape index (κ3) is 11.4. The minimum atomic E-state index is -3.92. The average Bonchev–Trinajstić information content (AvgIpc) is 3.85. The summed E-state index contributed by atoms with van der Waals surface area (Å²) in [5, 5.41) is 0. The molecule has 0 atom stereocenters. The van der Waals surface area contributed by atoms with E-state index in [-0.39, 0.29) is 5.69 Å². The molecule has 60 heavy (non-hydrogen) atoms. The second kappa shape index (κ2) is 18.9. The van der Waals surface area contributed by atoms with Gasteiger partial charge in [-0.05, 0) is 110 Å². The van der Waals surface area contributed by atoms with Crippen molar-refractivity contribution >= 4 is 52.8 Å². The molecular formula is C45H60N6O6S3. The van der Waals surface area contributed by atoms with Crippen LogP contribution in [-0.4, -0.2) is 118 Å². The third-order valence-electron chi connectivity index (χ3n) is 12.3. The van der Waals surface area contributed by atoms with Crippen LogP contribution in [0.2, 0.25) is 0 Å². The predicted molar refractivity (Wildman–Crippen MR) is 245 cm³/mol. The quantitative estimate of drug-likeness (QED) is 0.181. The summed E-state index contributed by atoms with van der Waals surface area (Å²) in [5.41, 5.74) is 8.89. The van der Waals surface area contributed by atoms with Crippen molar-refractivity contribution in [3.8, 4) is 0 Å². The molecule has 0 aliphatic carbocycles. The lowest BCUT2D eigenvalue weighted by Crippen LogP contribution is -2.44. The molecule has 1 N–H and O–H groups in total. The van der Waals surface area contributed by atoms with Crippen molar-refractivity contribution in [2.45, 2.75) is 63.5 Å². The Morgan fingerprint density at radius 3 is 1.33 bits per heavy atom. The first-order chi connectivity index (χ1) is 28.6. The summed E-state index contributed by atoms with van der Waals surface area (Å²) in [7, 11) is -11.0. The number of benzene rings is 4. The van der Waals surface area contributed by atoms with Crippen LogP contribution in [-0.2, 0) is 55.8 Å². The van der Waals surface area contributed by atoms with Gasteiger partial charge in [-0.1, -0.05) is 60.7 Å². The lowest BCUT2D eigenvalue weighted by atomic mass is 10.0. The number of nitrogens with one attached hydrogen (secondary N) is 1. The molecule has 8 rings (SSSR count). The van der Waals surface area contributed by atoms with E-state index in [9.17, 15) is 25.3 Å². The summed E-state index contributed by atoms with van der Waals surface area (Å²) >= 11 is 0. The van der Waals surface area contributed by atoms with E-state index < -0.39 is 30.1 Å². The SMILES string of the molecule is CS(=O)(=O)N(c1ccc(CCN2CCC(N3CCc4ccccc43)CC2)cc1)S(C)(=O)=O.CS(=O)(=O)Nc1ccc(CCN2CCC(N3CCc4ccccc43)CC2)cc1. The van der Waals surface area contributed by atoms with Crippen LogP contribution in [0.25, 0.3) is 0 Å².